The molecular formula is C18H18N2O4. The highest BCUT2D eigenvalue weighted by Gasteiger charge is 2.05. The van der Waals surface area contributed by atoms with Crippen molar-refractivity contribution in [1.29, 1.82) is 0 Å². The summed E-state index contributed by atoms with van der Waals surface area (Å²) in [7, 11) is 0. The average Bonchev–Trinajstić information content (AvgIpc) is 2.56. The number of ether oxygens (including phenoxy) is 1. The summed E-state index contributed by atoms with van der Waals surface area (Å²) in [6.07, 6.45) is 1.43. The molecule has 2 aromatic rings. The normalized spacial score (nSPS) is 10.6. The summed E-state index contributed by atoms with van der Waals surface area (Å²) in [5.41, 5.74) is 5.32. The second-order valence-corrected chi connectivity index (χ2v) is 5.21. The highest BCUT2D eigenvalue weighted by molar-refractivity contribution is 5.89. The average molecular weight is 326 g/mol. The van der Waals surface area contributed by atoms with E-state index in [9.17, 15) is 9.59 Å². The van der Waals surface area contributed by atoms with E-state index in [1.54, 1.807) is 12.1 Å². The number of hydrogen-bond acceptors (Lipinski definition) is 4. The highest BCUT2D eigenvalue weighted by Crippen LogP contribution is 2.20. The van der Waals surface area contributed by atoms with Gasteiger partial charge in [-0.05, 0) is 48.7 Å². The maximum Gasteiger partial charge on any atom is 0.335 e. The summed E-state index contributed by atoms with van der Waals surface area (Å²) in [5.74, 6) is -0.705. The SMILES string of the molecule is Cc1cccc(OCC(=O)N/N=C/c2ccc(C(=O)O)cc2)c1C. The Balaban J connectivity index is 1.84. The van der Waals surface area contributed by atoms with Gasteiger partial charge in [-0.25, -0.2) is 10.2 Å². The minimum atomic E-state index is -0.990. The van der Waals surface area contributed by atoms with E-state index in [2.05, 4.69) is 10.5 Å². The van der Waals surface area contributed by atoms with Crippen molar-refractivity contribution in [2.24, 2.45) is 5.10 Å². The minimum absolute atomic E-state index is 0.139. The number of hydrazone groups is 1. The van der Waals surface area contributed by atoms with Crippen LogP contribution in [-0.2, 0) is 4.79 Å². The zero-order valence-corrected chi connectivity index (χ0v) is 13.4. The van der Waals surface area contributed by atoms with Gasteiger partial charge in [0.15, 0.2) is 6.61 Å². The van der Waals surface area contributed by atoms with Crippen LogP contribution in [0.1, 0.15) is 27.0 Å². The third-order valence-electron chi connectivity index (χ3n) is 3.47. The van der Waals surface area contributed by atoms with Gasteiger partial charge < -0.3 is 9.84 Å². The predicted molar refractivity (Wildman–Crippen MR) is 90.5 cm³/mol. The van der Waals surface area contributed by atoms with Crippen molar-refractivity contribution < 1.29 is 19.4 Å². The van der Waals surface area contributed by atoms with Gasteiger partial charge in [-0.3, -0.25) is 4.79 Å². The first kappa shape index (κ1) is 17.2. The molecule has 0 aliphatic carbocycles. The molecule has 2 rings (SSSR count). The molecule has 0 aliphatic heterocycles. The molecule has 6 nitrogen and oxygen atoms in total. The van der Waals surface area contributed by atoms with Crippen LogP contribution in [0.2, 0.25) is 0 Å². The summed E-state index contributed by atoms with van der Waals surface area (Å²) in [5, 5.41) is 12.6. The third kappa shape index (κ3) is 4.67. The van der Waals surface area contributed by atoms with E-state index in [1.165, 1.54) is 18.3 Å². The van der Waals surface area contributed by atoms with Crippen molar-refractivity contribution in [3.05, 3.63) is 64.7 Å². The van der Waals surface area contributed by atoms with Crippen LogP contribution >= 0.6 is 0 Å². The second-order valence-electron chi connectivity index (χ2n) is 5.21. The number of carboxylic acid groups (broad SMARTS) is 1. The topological polar surface area (TPSA) is 88.0 Å². The van der Waals surface area contributed by atoms with Gasteiger partial charge >= 0.3 is 5.97 Å². The number of carboxylic acids is 1. The lowest BCUT2D eigenvalue weighted by molar-refractivity contribution is -0.123. The zero-order valence-electron chi connectivity index (χ0n) is 13.4. The Hall–Kier alpha value is -3.15. The van der Waals surface area contributed by atoms with Gasteiger partial charge in [0.2, 0.25) is 0 Å². The number of benzene rings is 2. The van der Waals surface area contributed by atoms with Crippen LogP contribution in [0.15, 0.2) is 47.6 Å². The molecule has 0 bridgehead atoms. The van der Waals surface area contributed by atoms with E-state index >= 15 is 0 Å². The van der Waals surface area contributed by atoms with E-state index < -0.39 is 5.97 Å². The summed E-state index contributed by atoms with van der Waals surface area (Å²) in [4.78, 5) is 22.5. The van der Waals surface area contributed by atoms with Crippen molar-refractivity contribution in [3.63, 3.8) is 0 Å². The van der Waals surface area contributed by atoms with Crippen LogP contribution < -0.4 is 10.2 Å². The molecular weight excluding hydrogens is 308 g/mol. The Morgan fingerprint density at radius 2 is 1.88 bits per heavy atom. The van der Waals surface area contributed by atoms with Crippen molar-refractivity contribution in [1.82, 2.24) is 5.43 Å². The highest BCUT2D eigenvalue weighted by atomic mass is 16.5. The fraction of sp³-hybridized carbons (Fsp3) is 0.167. The van der Waals surface area contributed by atoms with Gasteiger partial charge in [0.1, 0.15) is 5.75 Å². The Bertz CT molecular complexity index is 767. The summed E-state index contributed by atoms with van der Waals surface area (Å²) >= 11 is 0. The number of hydrogen-bond donors (Lipinski definition) is 2. The number of aromatic carboxylic acids is 1. The number of amides is 1. The van der Waals surface area contributed by atoms with E-state index in [4.69, 9.17) is 9.84 Å². The predicted octanol–water partition coefficient (Wildman–Crippen LogP) is 2.53. The lowest BCUT2D eigenvalue weighted by atomic mass is 10.1. The molecule has 0 aliphatic rings. The number of nitrogens with zero attached hydrogens (tertiary/aromatic N) is 1. The Labute approximate surface area is 139 Å². The van der Waals surface area contributed by atoms with E-state index in [-0.39, 0.29) is 18.1 Å². The van der Waals surface area contributed by atoms with E-state index in [1.807, 2.05) is 32.0 Å². The Morgan fingerprint density at radius 3 is 2.54 bits per heavy atom. The first-order valence-corrected chi connectivity index (χ1v) is 7.31. The first-order valence-electron chi connectivity index (χ1n) is 7.31. The van der Waals surface area contributed by atoms with Crippen LogP contribution in [0.3, 0.4) is 0 Å². The molecule has 0 saturated heterocycles. The molecule has 6 heteroatoms. The standard InChI is InChI=1S/C18H18N2O4/c1-12-4-3-5-16(13(12)2)24-11-17(21)20-19-10-14-6-8-15(9-7-14)18(22)23/h3-10H,11H2,1-2H3,(H,20,21)(H,22,23)/b19-10+. The third-order valence-corrected chi connectivity index (χ3v) is 3.47. The molecule has 0 unspecified atom stereocenters. The van der Waals surface area contributed by atoms with Gasteiger partial charge in [0.25, 0.3) is 5.91 Å². The monoisotopic (exact) mass is 326 g/mol. The lowest BCUT2D eigenvalue weighted by Gasteiger charge is -2.09. The van der Waals surface area contributed by atoms with Crippen molar-refractivity contribution in [3.8, 4) is 5.75 Å². The summed E-state index contributed by atoms with van der Waals surface area (Å²) in [6.45, 7) is 3.77. The fourth-order valence-corrected chi connectivity index (χ4v) is 1.95. The van der Waals surface area contributed by atoms with Gasteiger partial charge in [-0.2, -0.15) is 5.10 Å². The van der Waals surface area contributed by atoms with Crippen molar-refractivity contribution in [2.75, 3.05) is 6.61 Å². The zero-order chi connectivity index (χ0) is 17.5. The van der Waals surface area contributed by atoms with Crippen molar-refractivity contribution >= 4 is 18.1 Å². The fourth-order valence-electron chi connectivity index (χ4n) is 1.95. The van der Waals surface area contributed by atoms with Crippen molar-refractivity contribution in [2.45, 2.75) is 13.8 Å². The smallest absolute Gasteiger partial charge is 0.335 e. The van der Waals surface area contributed by atoms with Crippen LogP contribution in [-0.4, -0.2) is 29.8 Å². The molecule has 0 atom stereocenters. The number of nitrogens with one attached hydrogen (secondary N) is 1. The molecule has 2 aromatic carbocycles. The van der Waals surface area contributed by atoms with Gasteiger partial charge in [-0.1, -0.05) is 24.3 Å². The lowest BCUT2D eigenvalue weighted by Crippen LogP contribution is -2.24. The molecule has 24 heavy (non-hydrogen) atoms. The first-order chi connectivity index (χ1) is 11.5. The molecule has 0 aromatic heterocycles. The molecule has 0 spiro atoms. The number of aryl methyl sites for hydroxylation is 1. The second kappa shape index (κ2) is 7.92. The van der Waals surface area contributed by atoms with E-state index in [0.717, 1.165) is 11.1 Å². The van der Waals surface area contributed by atoms with Crippen LogP contribution in [0.25, 0.3) is 0 Å². The molecule has 124 valence electrons. The molecule has 0 heterocycles. The Kier molecular flexibility index (Phi) is 5.68. The Morgan fingerprint density at radius 1 is 1.17 bits per heavy atom. The van der Waals surface area contributed by atoms with Crippen LogP contribution in [0.5, 0.6) is 5.75 Å². The number of carbonyl (C=O) groups is 2. The van der Waals surface area contributed by atoms with Crippen LogP contribution in [0.4, 0.5) is 0 Å². The quantitative estimate of drug-likeness (QED) is 0.631. The summed E-state index contributed by atoms with van der Waals surface area (Å²) in [6, 6.07) is 11.8. The van der Waals surface area contributed by atoms with E-state index in [0.29, 0.717) is 11.3 Å². The van der Waals surface area contributed by atoms with Gasteiger partial charge in [0, 0.05) is 0 Å². The maximum atomic E-state index is 11.7. The number of carbonyl (C=O) groups excluding carboxylic acids is 1. The molecule has 0 saturated carbocycles. The van der Waals surface area contributed by atoms with Gasteiger partial charge in [0.05, 0.1) is 11.8 Å². The van der Waals surface area contributed by atoms with Gasteiger partial charge in [-0.15, -0.1) is 0 Å². The molecule has 1 amide bonds. The van der Waals surface area contributed by atoms with Crippen LogP contribution in [0, 0.1) is 13.8 Å². The molecule has 0 fully saturated rings. The minimum Gasteiger partial charge on any atom is -0.483 e. The maximum absolute atomic E-state index is 11.7. The molecule has 2 N–H and O–H groups in total. The molecule has 0 radical (unpaired) electrons. The summed E-state index contributed by atoms with van der Waals surface area (Å²) < 4.78 is 5.47. The largest absolute Gasteiger partial charge is 0.483 e. The number of rotatable bonds is 6.